The van der Waals surface area contributed by atoms with E-state index >= 15 is 0 Å². The molecule has 4 rings (SSSR count). The van der Waals surface area contributed by atoms with Crippen LogP contribution < -0.4 is 16.6 Å². The normalized spacial score (nSPS) is 11.0. The Balaban J connectivity index is 1.80. The zero-order chi connectivity index (χ0) is 21.4. The molecule has 152 valence electrons. The highest BCUT2D eigenvalue weighted by Crippen LogP contribution is 2.19. The van der Waals surface area contributed by atoms with Crippen LogP contribution in [0.4, 0.5) is 5.69 Å². The minimum absolute atomic E-state index is 0.189. The molecule has 4 aromatic rings. The maximum atomic E-state index is 13.3. The molecule has 0 spiro atoms. The fourth-order valence-electron chi connectivity index (χ4n) is 3.55. The number of carbonyl (C=O) groups is 1. The SMILES string of the molecule is Cc1ccc(NC(=O)Cn2c(=O)n(-c3ccccc3C)c(=O)c3sccc32)c(C)c1. The van der Waals surface area contributed by atoms with Gasteiger partial charge in [-0.1, -0.05) is 35.9 Å². The third-order valence-electron chi connectivity index (χ3n) is 5.07. The number of fused-ring (bicyclic) bond motifs is 1. The number of amides is 1. The van der Waals surface area contributed by atoms with Crippen LogP contribution in [0, 0.1) is 20.8 Å². The van der Waals surface area contributed by atoms with E-state index < -0.39 is 5.69 Å². The second-order valence-electron chi connectivity index (χ2n) is 7.30. The molecule has 0 aliphatic heterocycles. The molecule has 1 amide bonds. The van der Waals surface area contributed by atoms with E-state index in [-0.39, 0.29) is 18.0 Å². The molecule has 0 atom stereocenters. The van der Waals surface area contributed by atoms with Crippen molar-refractivity contribution in [2.45, 2.75) is 27.3 Å². The Hall–Kier alpha value is -3.45. The topological polar surface area (TPSA) is 73.1 Å². The first-order valence-electron chi connectivity index (χ1n) is 9.53. The maximum Gasteiger partial charge on any atom is 0.336 e. The standard InChI is InChI=1S/C23H21N3O3S/c1-14-8-9-17(16(3)12-14)24-20(27)13-25-19-10-11-30-21(19)22(28)26(23(25)29)18-7-5-4-6-15(18)2/h4-12H,13H2,1-3H3,(H,24,27). The number of nitrogens with zero attached hydrogens (tertiary/aromatic N) is 2. The van der Waals surface area contributed by atoms with Crippen molar-refractivity contribution in [1.29, 1.82) is 0 Å². The number of hydrogen-bond donors (Lipinski definition) is 1. The lowest BCUT2D eigenvalue weighted by Crippen LogP contribution is -2.40. The maximum absolute atomic E-state index is 13.3. The Morgan fingerprint density at radius 1 is 1.00 bits per heavy atom. The fraction of sp³-hybridized carbons (Fsp3) is 0.174. The minimum Gasteiger partial charge on any atom is -0.324 e. The van der Waals surface area contributed by atoms with Crippen LogP contribution >= 0.6 is 11.3 Å². The van der Waals surface area contributed by atoms with Crippen LogP contribution in [0.1, 0.15) is 16.7 Å². The van der Waals surface area contributed by atoms with E-state index in [1.54, 1.807) is 23.6 Å². The van der Waals surface area contributed by atoms with Crippen LogP contribution in [0.3, 0.4) is 0 Å². The zero-order valence-electron chi connectivity index (χ0n) is 16.9. The van der Waals surface area contributed by atoms with Gasteiger partial charge in [-0.15, -0.1) is 11.3 Å². The Bertz CT molecular complexity index is 1400. The minimum atomic E-state index is -0.532. The fourth-order valence-corrected chi connectivity index (χ4v) is 4.38. The Kier molecular flexibility index (Phi) is 5.13. The molecule has 6 nitrogen and oxygen atoms in total. The predicted molar refractivity (Wildman–Crippen MR) is 121 cm³/mol. The molecule has 2 heterocycles. The van der Waals surface area contributed by atoms with Gasteiger partial charge in [-0.05, 0) is 55.5 Å². The zero-order valence-corrected chi connectivity index (χ0v) is 17.7. The van der Waals surface area contributed by atoms with Gasteiger partial charge in [0.2, 0.25) is 5.91 Å². The molecule has 0 fully saturated rings. The molecule has 2 aromatic heterocycles. The summed E-state index contributed by atoms with van der Waals surface area (Å²) in [7, 11) is 0. The molecule has 0 saturated carbocycles. The van der Waals surface area contributed by atoms with Crippen molar-refractivity contribution in [3.05, 3.63) is 91.4 Å². The molecular formula is C23H21N3O3S. The first-order chi connectivity index (χ1) is 14.4. The summed E-state index contributed by atoms with van der Waals surface area (Å²) in [4.78, 5) is 39.1. The summed E-state index contributed by atoms with van der Waals surface area (Å²) in [6.07, 6.45) is 0. The highest BCUT2D eigenvalue weighted by atomic mass is 32.1. The summed E-state index contributed by atoms with van der Waals surface area (Å²) < 4.78 is 2.95. The van der Waals surface area contributed by atoms with Gasteiger partial charge >= 0.3 is 5.69 Å². The van der Waals surface area contributed by atoms with Crippen LogP contribution in [0.2, 0.25) is 0 Å². The highest BCUT2D eigenvalue weighted by Gasteiger charge is 2.18. The van der Waals surface area contributed by atoms with Gasteiger partial charge < -0.3 is 5.32 Å². The smallest absolute Gasteiger partial charge is 0.324 e. The third kappa shape index (κ3) is 3.48. The van der Waals surface area contributed by atoms with Crippen LogP contribution in [0.25, 0.3) is 15.9 Å². The van der Waals surface area contributed by atoms with Gasteiger partial charge in [0, 0.05) is 5.69 Å². The summed E-state index contributed by atoms with van der Waals surface area (Å²) in [5, 5.41) is 4.63. The average Bonchev–Trinajstić information content (AvgIpc) is 3.19. The van der Waals surface area contributed by atoms with Gasteiger partial charge in [0.1, 0.15) is 11.2 Å². The Morgan fingerprint density at radius 2 is 1.77 bits per heavy atom. The number of para-hydroxylation sites is 1. The number of aromatic nitrogens is 2. The lowest BCUT2D eigenvalue weighted by Gasteiger charge is -2.14. The number of thiophene rings is 1. The molecule has 0 bridgehead atoms. The predicted octanol–water partition coefficient (Wildman–Crippen LogP) is 3.78. The van der Waals surface area contributed by atoms with E-state index in [4.69, 9.17) is 0 Å². The van der Waals surface area contributed by atoms with Crippen LogP contribution in [0.5, 0.6) is 0 Å². The van der Waals surface area contributed by atoms with Crippen molar-refractivity contribution in [2.24, 2.45) is 0 Å². The van der Waals surface area contributed by atoms with Crippen molar-refractivity contribution < 1.29 is 4.79 Å². The average molecular weight is 420 g/mol. The molecular weight excluding hydrogens is 398 g/mol. The van der Waals surface area contributed by atoms with E-state index in [9.17, 15) is 14.4 Å². The van der Waals surface area contributed by atoms with E-state index in [0.717, 1.165) is 21.3 Å². The number of rotatable bonds is 4. The molecule has 7 heteroatoms. The lowest BCUT2D eigenvalue weighted by molar-refractivity contribution is -0.116. The van der Waals surface area contributed by atoms with Gasteiger partial charge in [-0.25, -0.2) is 9.36 Å². The first-order valence-corrected chi connectivity index (χ1v) is 10.4. The van der Waals surface area contributed by atoms with Crippen molar-refractivity contribution in [1.82, 2.24) is 9.13 Å². The summed E-state index contributed by atoms with van der Waals surface area (Å²) in [5.41, 5.74) is 3.64. The van der Waals surface area contributed by atoms with Gasteiger partial charge in [0.25, 0.3) is 5.56 Å². The van der Waals surface area contributed by atoms with E-state index in [1.165, 1.54) is 15.9 Å². The van der Waals surface area contributed by atoms with E-state index in [1.807, 2.05) is 51.1 Å². The van der Waals surface area contributed by atoms with Gasteiger partial charge in [0.05, 0.1) is 11.2 Å². The van der Waals surface area contributed by atoms with Gasteiger partial charge in [-0.3, -0.25) is 14.2 Å². The highest BCUT2D eigenvalue weighted by molar-refractivity contribution is 7.17. The van der Waals surface area contributed by atoms with Gasteiger partial charge in [-0.2, -0.15) is 0 Å². The monoisotopic (exact) mass is 419 g/mol. The molecule has 30 heavy (non-hydrogen) atoms. The Labute approximate surface area is 177 Å². The summed E-state index contributed by atoms with van der Waals surface area (Å²) in [6.45, 7) is 5.56. The van der Waals surface area contributed by atoms with Crippen molar-refractivity contribution >= 4 is 33.1 Å². The van der Waals surface area contributed by atoms with Gasteiger partial charge in [0.15, 0.2) is 0 Å². The lowest BCUT2D eigenvalue weighted by atomic mass is 10.1. The number of benzene rings is 2. The van der Waals surface area contributed by atoms with Crippen LogP contribution in [0.15, 0.2) is 63.5 Å². The largest absolute Gasteiger partial charge is 0.336 e. The van der Waals surface area contributed by atoms with Crippen LogP contribution in [-0.4, -0.2) is 15.0 Å². The number of anilines is 1. The summed E-state index contributed by atoms with van der Waals surface area (Å²) in [5.74, 6) is -0.327. The quantitative estimate of drug-likeness (QED) is 0.547. The molecule has 0 saturated heterocycles. The second kappa shape index (κ2) is 7.76. The van der Waals surface area contributed by atoms with E-state index in [2.05, 4.69) is 5.32 Å². The molecule has 0 unspecified atom stereocenters. The Morgan fingerprint density at radius 3 is 2.50 bits per heavy atom. The van der Waals surface area contributed by atoms with Crippen LogP contribution in [-0.2, 0) is 11.3 Å². The molecule has 1 N–H and O–H groups in total. The third-order valence-corrected chi connectivity index (χ3v) is 5.96. The number of carbonyl (C=O) groups excluding carboxylic acids is 1. The summed E-state index contributed by atoms with van der Waals surface area (Å²) >= 11 is 1.26. The first kappa shape index (κ1) is 19.8. The number of hydrogen-bond acceptors (Lipinski definition) is 4. The molecule has 0 aliphatic rings. The van der Waals surface area contributed by atoms with Crippen molar-refractivity contribution in [3.8, 4) is 5.69 Å². The number of nitrogens with one attached hydrogen (secondary N) is 1. The van der Waals surface area contributed by atoms with E-state index in [0.29, 0.717) is 21.6 Å². The summed E-state index contributed by atoms with van der Waals surface area (Å²) in [6, 6.07) is 14.7. The second-order valence-corrected chi connectivity index (χ2v) is 8.21. The number of aryl methyl sites for hydroxylation is 3. The van der Waals surface area contributed by atoms with Crippen molar-refractivity contribution in [3.63, 3.8) is 0 Å². The van der Waals surface area contributed by atoms with Crippen molar-refractivity contribution in [2.75, 3.05) is 5.32 Å². The molecule has 0 aliphatic carbocycles. The molecule has 2 aromatic carbocycles. The molecule has 0 radical (unpaired) electrons.